The van der Waals surface area contributed by atoms with Gasteiger partial charge in [-0.1, -0.05) is 6.92 Å². The average Bonchev–Trinajstić information content (AvgIpc) is 2.92. The fourth-order valence-corrected chi connectivity index (χ4v) is 3.37. The van der Waals surface area contributed by atoms with Gasteiger partial charge in [-0.3, -0.25) is 14.4 Å². The quantitative estimate of drug-likeness (QED) is 0.841. The molecule has 2 saturated heterocycles. The summed E-state index contributed by atoms with van der Waals surface area (Å²) >= 11 is 0. The molecule has 0 aromatic heterocycles. The van der Waals surface area contributed by atoms with Crippen molar-refractivity contribution in [3.8, 4) is 0 Å². The van der Waals surface area contributed by atoms with Crippen LogP contribution >= 0.6 is 0 Å². The topological polar surface area (TPSA) is 77.9 Å². The fourth-order valence-electron chi connectivity index (χ4n) is 3.37. The minimum Gasteiger partial charge on any atom is -0.481 e. The van der Waals surface area contributed by atoms with Gasteiger partial charge in [0.05, 0.1) is 5.41 Å². The van der Waals surface area contributed by atoms with Gasteiger partial charge >= 0.3 is 5.97 Å². The fraction of sp³-hybridized carbons (Fsp3) is 0.800. The van der Waals surface area contributed by atoms with E-state index in [-0.39, 0.29) is 17.7 Å². The molecule has 2 aliphatic rings. The predicted molar refractivity (Wildman–Crippen MR) is 76.5 cm³/mol. The van der Waals surface area contributed by atoms with Crippen LogP contribution in [0.15, 0.2) is 0 Å². The van der Waals surface area contributed by atoms with Crippen LogP contribution in [0.1, 0.15) is 39.5 Å². The second kappa shape index (κ2) is 6.03. The van der Waals surface area contributed by atoms with Crippen molar-refractivity contribution < 1.29 is 19.5 Å². The zero-order valence-electron chi connectivity index (χ0n) is 12.8. The van der Waals surface area contributed by atoms with E-state index in [9.17, 15) is 19.5 Å². The lowest BCUT2D eigenvalue weighted by atomic mass is 9.84. The average molecular weight is 296 g/mol. The highest BCUT2D eigenvalue weighted by molar-refractivity contribution is 5.82. The van der Waals surface area contributed by atoms with Crippen LogP contribution in [0, 0.1) is 11.3 Å². The van der Waals surface area contributed by atoms with Gasteiger partial charge in [-0.05, 0) is 25.7 Å². The van der Waals surface area contributed by atoms with Crippen LogP contribution in [0.4, 0.5) is 0 Å². The number of carbonyl (C=O) groups is 3. The Morgan fingerprint density at radius 1 is 1.14 bits per heavy atom. The first-order valence-corrected chi connectivity index (χ1v) is 7.67. The molecule has 2 fully saturated rings. The Morgan fingerprint density at radius 3 is 2.19 bits per heavy atom. The third-order valence-corrected chi connectivity index (χ3v) is 5.09. The molecule has 2 aliphatic heterocycles. The highest BCUT2D eigenvalue weighted by Crippen LogP contribution is 2.35. The first-order chi connectivity index (χ1) is 9.89. The first kappa shape index (κ1) is 15.8. The molecule has 1 atom stereocenters. The van der Waals surface area contributed by atoms with Crippen LogP contribution in [-0.2, 0) is 14.4 Å². The normalized spacial score (nSPS) is 27.0. The van der Waals surface area contributed by atoms with Crippen molar-refractivity contribution in [1.82, 2.24) is 9.80 Å². The van der Waals surface area contributed by atoms with E-state index < -0.39 is 11.4 Å². The largest absolute Gasteiger partial charge is 0.481 e. The minimum absolute atomic E-state index is 0.0537. The molecule has 6 nitrogen and oxygen atoms in total. The molecule has 2 amide bonds. The van der Waals surface area contributed by atoms with Crippen molar-refractivity contribution in [2.75, 3.05) is 26.2 Å². The number of aliphatic carboxylic acids is 1. The van der Waals surface area contributed by atoms with E-state index in [0.717, 1.165) is 0 Å². The van der Waals surface area contributed by atoms with Gasteiger partial charge in [0.1, 0.15) is 0 Å². The number of carboxylic acids is 1. The molecule has 118 valence electrons. The van der Waals surface area contributed by atoms with E-state index in [2.05, 4.69) is 0 Å². The monoisotopic (exact) mass is 296 g/mol. The van der Waals surface area contributed by atoms with Gasteiger partial charge in [0.2, 0.25) is 11.8 Å². The molecule has 2 rings (SSSR count). The summed E-state index contributed by atoms with van der Waals surface area (Å²) in [5.41, 5.74) is -0.768. The summed E-state index contributed by atoms with van der Waals surface area (Å²) in [6, 6.07) is 0. The molecule has 0 radical (unpaired) electrons. The second-order valence-corrected chi connectivity index (χ2v) is 6.23. The van der Waals surface area contributed by atoms with Crippen LogP contribution in [0.25, 0.3) is 0 Å². The molecule has 0 spiro atoms. The van der Waals surface area contributed by atoms with Gasteiger partial charge in [0.25, 0.3) is 0 Å². The molecule has 1 N–H and O–H groups in total. The van der Waals surface area contributed by atoms with E-state index in [4.69, 9.17) is 0 Å². The van der Waals surface area contributed by atoms with E-state index in [1.165, 1.54) is 0 Å². The van der Waals surface area contributed by atoms with Crippen molar-refractivity contribution >= 4 is 17.8 Å². The minimum atomic E-state index is -0.799. The maximum Gasteiger partial charge on any atom is 0.311 e. The van der Waals surface area contributed by atoms with E-state index in [1.807, 2.05) is 6.92 Å². The molecule has 0 aromatic rings. The van der Waals surface area contributed by atoms with Crippen LogP contribution in [0.2, 0.25) is 0 Å². The van der Waals surface area contributed by atoms with Gasteiger partial charge in [-0.25, -0.2) is 0 Å². The predicted octanol–water partition coefficient (Wildman–Crippen LogP) is 0.958. The highest BCUT2D eigenvalue weighted by Gasteiger charge is 2.45. The summed E-state index contributed by atoms with van der Waals surface area (Å²) in [6.07, 6.45) is 2.45. The van der Waals surface area contributed by atoms with E-state index >= 15 is 0 Å². The number of rotatable bonds is 3. The maximum atomic E-state index is 12.5. The summed E-state index contributed by atoms with van der Waals surface area (Å²) in [5.74, 6) is -0.749. The Labute approximate surface area is 125 Å². The Balaban J connectivity index is 1.94. The van der Waals surface area contributed by atoms with E-state index in [0.29, 0.717) is 51.9 Å². The summed E-state index contributed by atoms with van der Waals surface area (Å²) in [7, 11) is 0. The smallest absolute Gasteiger partial charge is 0.311 e. The number of hydrogen-bond acceptors (Lipinski definition) is 3. The van der Waals surface area contributed by atoms with E-state index in [1.54, 1.807) is 16.7 Å². The van der Waals surface area contributed by atoms with Crippen LogP contribution in [-0.4, -0.2) is 58.9 Å². The molecular formula is C15H24N2O4. The van der Waals surface area contributed by atoms with Crippen molar-refractivity contribution in [1.29, 1.82) is 0 Å². The molecule has 0 aromatic carbocycles. The SMILES string of the molecule is CCC1(C(=O)O)CCN(C(=O)C2CCN(C(C)=O)CC2)C1. The Morgan fingerprint density at radius 2 is 1.76 bits per heavy atom. The van der Waals surface area contributed by atoms with Gasteiger partial charge in [-0.2, -0.15) is 0 Å². The van der Waals surface area contributed by atoms with Gasteiger partial charge in [0, 0.05) is 39.0 Å². The van der Waals surface area contributed by atoms with Crippen molar-refractivity contribution in [3.63, 3.8) is 0 Å². The first-order valence-electron chi connectivity index (χ1n) is 7.67. The van der Waals surface area contributed by atoms with Crippen LogP contribution in [0.5, 0.6) is 0 Å². The summed E-state index contributed by atoms with van der Waals surface area (Å²) in [4.78, 5) is 38.7. The number of piperidine rings is 1. The molecule has 21 heavy (non-hydrogen) atoms. The standard InChI is InChI=1S/C15H24N2O4/c1-3-15(14(20)21)6-9-17(10-15)13(19)12-4-7-16(8-5-12)11(2)18/h12H,3-10H2,1-2H3,(H,20,21). The highest BCUT2D eigenvalue weighted by atomic mass is 16.4. The molecule has 1 unspecified atom stereocenters. The van der Waals surface area contributed by atoms with Crippen LogP contribution in [0.3, 0.4) is 0 Å². The number of likely N-dealkylation sites (tertiary alicyclic amines) is 2. The molecule has 2 heterocycles. The third-order valence-electron chi connectivity index (χ3n) is 5.09. The van der Waals surface area contributed by atoms with Crippen molar-refractivity contribution in [2.45, 2.75) is 39.5 Å². The lowest BCUT2D eigenvalue weighted by Gasteiger charge is -2.33. The molecule has 0 saturated carbocycles. The Kier molecular flexibility index (Phi) is 4.54. The number of nitrogens with zero attached hydrogens (tertiary/aromatic N) is 2. The number of hydrogen-bond donors (Lipinski definition) is 1. The zero-order chi connectivity index (χ0) is 15.6. The molecular weight excluding hydrogens is 272 g/mol. The molecule has 6 heteroatoms. The van der Waals surface area contributed by atoms with Gasteiger partial charge < -0.3 is 14.9 Å². The van der Waals surface area contributed by atoms with Crippen molar-refractivity contribution in [2.24, 2.45) is 11.3 Å². The Hall–Kier alpha value is -1.59. The molecule has 0 aliphatic carbocycles. The van der Waals surface area contributed by atoms with Crippen molar-refractivity contribution in [3.05, 3.63) is 0 Å². The summed E-state index contributed by atoms with van der Waals surface area (Å²) < 4.78 is 0. The summed E-state index contributed by atoms with van der Waals surface area (Å²) in [5, 5.41) is 9.39. The molecule has 0 bridgehead atoms. The maximum absolute atomic E-state index is 12.5. The van der Waals surface area contributed by atoms with Gasteiger partial charge in [-0.15, -0.1) is 0 Å². The number of carbonyl (C=O) groups excluding carboxylic acids is 2. The Bertz CT molecular complexity index is 443. The third kappa shape index (κ3) is 3.04. The second-order valence-electron chi connectivity index (χ2n) is 6.23. The van der Waals surface area contributed by atoms with Crippen LogP contribution < -0.4 is 0 Å². The van der Waals surface area contributed by atoms with Gasteiger partial charge in [0.15, 0.2) is 0 Å². The zero-order valence-corrected chi connectivity index (χ0v) is 12.8. The summed E-state index contributed by atoms with van der Waals surface area (Å²) in [6.45, 7) is 5.52. The number of amides is 2. The lowest BCUT2D eigenvalue weighted by Crippen LogP contribution is -2.44. The number of carboxylic acid groups (broad SMARTS) is 1. The lowest BCUT2D eigenvalue weighted by molar-refractivity contribution is -0.149.